The van der Waals surface area contributed by atoms with E-state index in [1.54, 1.807) is 23.1 Å². The van der Waals surface area contributed by atoms with Crippen LogP contribution < -0.4 is 10.6 Å². The second-order valence-corrected chi connectivity index (χ2v) is 4.89. The lowest BCUT2D eigenvalue weighted by Gasteiger charge is -2.26. The summed E-state index contributed by atoms with van der Waals surface area (Å²) in [5, 5.41) is 9.52. The Labute approximate surface area is 112 Å². The highest BCUT2D eigenvalue weighted by Crippen LogP contribution is 2.27. The third-order valence-corrected chi connectivity index (χ3v) is 2.69. The summed E-state index contributed by atoms with van der Waals surface area (Å²) in [6, 6.07) is 7.25. The molecule has 18 heavy (non-hydrogen) atoms. The van der Waals surface area contributed by atoms with E-state index in [2.05, 4.69) is 6.07 Å². The summed E-state index contributed by atoms with van der Waals surface area (Å²) in [4.78, 5) is 12.9. The van der Waals surface area contributed by atoms with Crippen LogP contribution in [0.1, 0.15) is 19.4 Å². The lowest BCUT2D eigenvalue weighted by Crippen LogP contribution is -2.36. The molecule has 0 unspecified atom stereocenters. The van der Waals surface area contributed by atoms with Crippen LogP contribution in [0.5, 0.6) is 0 Å². The summed E-state index contributed by atoms with van der Waals surface area (Å²) in [6.45, 7) is 4.78. The van der Waals surface area contributed by atoms with Crippen LogP contribution >= 0.6 is 11.6 Å². The van der Waals surface area contributed by atoms with E-state index in [9.17, 15) is 4.79 Å². The molecule has 0 spiro atoms. The van der Waals surface area contributed by atoms with Crippen molar-refractivity contribution in [3.05, 3.63) is 28.8 Å². The number of hydrogen-bond acceptors (Lipinski definition) is 3. The lowest BCUT2D eigenvalue weighted by atomic mass is 10.1. The van der Waals surface area contributed by atoms with Gasteiger partial charge in [-0.2, -0.15) is 5.26 Å². The number of benzene rings is 1. The number of carbonyl (C=O) groups excluding carboxylic acids is 1. The van der Waals surface area contributed by atoms with E-state index in [-0.39, 0.29) is 6.54 Å². The summed E-state index contributed by atoms with van der Waals surface area (Å²) < 4.78 is 0. The normalized spacial score (nSPS) is 10.2. The third-order valence-electron chi connectivity index (χ3n) is 2.38. The molecule has 0 atom stereocenters. The van der Waals surface area contributed by atoms with Gasteiger partial charge in [0.25, 0.3) is 0 Å². The highest BCUT2D eigenvalue weighted by molar-refractivity contribution is 6.32. The van der Waals surface area contributed by atoms with Crippen molar-refractivity contribution in [2.24, 2.45) is 11.7 Å². The molecule has 0 saturated carbocycles. The van der Waals surface area contributed by atoms with Gasteiger partial charge in [-0.3, -0.25) is 4.79 Å². The van der Waals surface area contributed by atoms with Crippen molar-refractivity contribution >= 4 is 23.2 Å². The quantitative estimate of drug-likeness (QED) is 0.887. The predicted octanol–water partition coefficient (Wildman–Crippen LogP) is 2.16. The maximum atomic E-state index is 11.1. The standard InChI is InChI=1S/C13H16ClN3O/c1-9(2)7-17(8-13(16)18)12-5-3-4-11(14)10(12)6-15/h3-5,9H,7-8H2,1-2H3,(H2,16,18). The highest BCUT2D eigenvalue weighted by atomic mass is 35.5. The van der Waals surface area contributed by atoms with Crippen LogP contribution in [0.2, 0.25) is 5.02 Å². The minimum atomic E-state index is -0.431. The van der Waals surface area contributed by atoms with Crippen molar-refractivity contribution in [2.45, 2.75) is 13.8 Å². The summed E-state index contributed by atoms with van der Waals surface area (Å²) in [5.41, 5.74) is 6.27. The molecule has 0 radical (unpaired) electrons. The van der Waals surface area contributed by atoms with Crippen molar-refractivity contribution in [1.29, 1.82) is 5.26 Å². The van der Waals surface area contributed by atoms with Crippen molar-refractivity contribution in [3.63, 3.8) is 0 Å². The molecule has 1 aromatic carbocycles. The van der Waals surface area contributed by atoms with Crippen molar-refractivity contribution in [3.8, 4) is 6.07 Å². The number of anilines is 1. The number of hydrogen-bond donors (Lipinski definition) is 1. The number of amides is 1. The Hall–Kier alpha value is -1.73. The molecule has 1 rings (SSSR count). The number of primary amides is 1. The average Bonchev–Trinajstić information content (AvgIpc) is 2.26. The van der Waals surface area contributed by atoms with E-state index in [1.165, 1.54) is 0 Å². The van der Waals surface area contributed by atoms with Gasteiger partial charge >= 0.3 is 0 Å². The zero-order valence-corrected chi connectivity index (χ0v) is 11.2. The number of halogens is 1. The molecule has 0 saturated heterocycles. The van der Waals surface area contributed by atoms with E-state index in [1.807, 2.05) is 13.8 Å². The van der Waals surface area contributed by atoms with Crippen LogP contribution in [0.4, 0.5) is 5.69 Å². The van der Waals surface area contributed by atoms with Crippen molar-refractivity contribution in [1.82, 2.24) is 0 Å². The smallest absolute Gasteiger partial charge is 0.236 e. The van der Waals surface area contributed by atoms with Gasteiger partial charge < -0.3 is 10.6 Å². The average molecular weight is 266 g/mol. The summed E-state index contributed by atoms with van der Waals surface area (Å²) in [6.07, 6.45) is 0. The van der Waals surface area contributed by atoms with Gasteiger partial charge in [0.05, 0.1) is 22.8 Å². The first-order valence-corrected chi connectivity index (χ1v) is 6.05. The first-order valence-electron chi connectivity index (χ1n) is 5.67. The summed E-state index contributed by atoms with van der Waals surface area (Å²) in [5.74, 6) is -0.0885. The van der Waals surface area contributed by atoms with Gasteiger partial charge in [-0.25, -0.2) is 0 Å². The van der Waals surface area contributed by atoms with E-state index < -0.39 is 5.91 Å². The summed E-state index contributed by atoms with van der Waals surface area (Å²) >= 11 is 5.98. The molecular formula is C13H16ClN3O. The minimum Gasteiger partial charge on any atom is -0.368 e. The second-order valence-electron chi connectivity index (χ2n) is 4.49. The Bertz CT molecular complexity index is 480. The molecule has 0 aliphatic rings. The van der Waals surface area contributed by atoms with Gasteiger partial charge in [0.1, 0.15) is 6.07 Å². The van der Waals surface area contributed by atoms with Gasteiger partial charge in [-0.1, -0.05) is 31.5 Å². The topological polar surface area (TPSA) is 70.1 Å². The molecule has 0 aliphatic heterocycles. The molecule has 2 N–H and O–H groups in total. The van der Waals surface area contributed by atoms with Crippen molar-refractivity contribution < 1.29 is 4.79 Å². The Morgan fingerprint density at radius 2 is 2.22 bits per heavy atom. The van der Waals surface area contributed by atoms with Gasteiger partial charge in [0.15, 0.2) is 0 Å². The fourth-order valence-electron chi connectivity index (χ4n) is 1.76. The fourth-order valence-corrected chi connectivity index (χ4v) is 1.98. The summed E-state index contributed by atoms with van der Waals surface area (Å²) in [7, 11) is 0. The van der Waals surface area contributed by atoms with Crippen LogP contribution in [0.25, 0.3) is 0 Å². The Kier molecular flexibility index (Phi) is 4.99. The maximum absolute atomic E-state index is 11.1. The van der Waals surface area contributed by atoms with Crippen LogP contribution in [0.3, 0.4) is 0 Å². The third kappa shape index (κ3) is 3.64. The van der Waals surface area contributed by atoms with Gasteiger partial charge in [-0.15, -0.1) is 0 Å². The molecular weight excluding hydrogens is 250 g/mol. The van der Waals surface area contributed by atoms with E-state index in [4.69, 9.17) is 22.6 Å². The Morgan fingerprint density at radius 1 is 1.56 bits per heavy atom. The zero-order valence-electron chi connectivity index (χ0n) is 10.5. The SMILES string of the molecule is CC(C)CN(CC(N)=O)c1cccc(Cl)c1C#N. The molecule has 96 valence electrons. The Balaban J connectivity index is 3.16. The number of carbonyl (C=O) groups is 1. The van der Waals surface area contributed by atoms with E-state index >= 15 is 0 Å². The zero-order chi connectivity index (χ0) is 13.7. The molecule has 5 heteroatoms. The number of nitriles is 1. The van der Waals surface area contributed by atoms with Crippen LogP contribution in [-0.4, -0.2) is 19.0 Å². The molecule has 0 aliphatic carbocycles. The minimum absolute atomic E-state index is 0.0766. The van der Waals surface area contributed by atoms with E-state index in [0.29, 0.717) is 28.7 Å². The fraction of sp³-hybridized carbons (Fsp3) is 0.385. The number of rotatable bonds is 5. The molecule has 0 aromatic heterocycles. The highest BCUT2D eigenvalue weighted by Gasteiger charge is 2.16. The maximum Gasteiger partial charge on any atom is 0.236 e. The molecule has 0 fully saturated rings. The van der Waals surface area contributed by atoms with E-state index in [0.717, 1.165) is 0 Å². The molecule has 4 nitrogen and oxygen atoms in total. The largest absolute Gasteiger partial charge is 0.368 e. The van der Waals surface area contributed by atoms with Crippen molar-refractivity contribution in [2.75, 3.05) is 18.0 Å². The monoisotopic (exact) mass is 265 g/mol. The van der Waals surface area contributed by atoms with Gasteiger partial charge in [0.2, 0.25) is 5.91 Å². The number of nitrogens with two attached hydrogens (primary N) is 1. The first kappa shape index (κ1) is 14.3. The van der Waals surface area contributed by atoms with Crippen LogP contribution in [0, 0.1) is 17.2 Å². The Morgan fingerprint density at radius 3 is 2.72 bits per heavy atom. The van der Waals surface area contributed by atoms with Gasteiger partial charge in [0, 0.05) is 6.54 Å². The van der Waals surface area contributed by atoms with Crippen LogP contribution in [0.15, 0.2) is 18.2 Å². The number of nitrogens with zero attached hydrogens (tertiary/aromatic N) is 2. The predicted molar refractivity (Wildman–Crippen MR) is 72.4 cm³/mol. The second kappa shape index (κ2) is 6.27. The molecule has 0 heterocycles. The van der Waals surface area contributed by atoms with Crippen LogP contribution in [-0.2, 0) is 4.79 Å². The lowest BCUT2D eigenvalue weighted by molar-refractivity contribution is -0.116. The molecule has 0 bridgehead atoms. The molecule has 1 amide bonds. The molecule has 1 aromatic rings. The first-order chi connectivity index (χ1) is 8.45. The van der Waals surface area contributed by atoms with Gasteiger partial charge in [-0.05, 0) is 18.1 Å².